The SMILES string of the molecule is Cc1c(C[C@H](N)C(=O)O)sc[n+]1C.[I-]. The lowest BCUT2D eigenvalue weighted by Crippen LogP contribution is -3.00. The molecule has 0 saturated carbocycles. The van der Waals surface area contributed by atoms with Gasteiger partial charge in [0.15, 0.2) is 5.69 Å². The van der Waals surface area contributed by atoms with Crippen LogP contribution in [0.1, 0.15) is 10.6 Å². The first kappa shape index (κ1) is 13.8. The zero-order valence-corrected chi connectivity index (χ0v) is 11.0. The molecule has 0 spiro atoms. The summed E-state index contributed by atoms with van der Waals surface area (Å²) < 4.78 is 1.97. The number of thiazole rings is 1. The predicted molar refractivity (Wildman–Crippen MR) is 49.5 cm³/mol. The summed E-state index contributed by atoms with van der Waals surface area (Å²) in [5.41, 5.74) is 8.45. The van der Waals surface area contributed by atoms with Gasteiger partial charge in [0.2, 0.25) is 5.51 Å². The van der Waals surface area contributed by atoms with Crippen LogP contribution in [0.25, 0.3) is 0 Å². The van der Waals surface area contributed by atoms with E-state index >= 15 is 0 Å². The molecule has 1 atom stereocenters. The van der Waals surface area contributed by atoms with Crippen molar-refractivity contribution in [1.29, 1.82) is 0 Å². The highest BCUT2D eigenvalue weighted by molar-refractivity contribution is 7.09. The first-order valence-corrected chi connectivity index (χ1v) is 4.81. The largest absolute Gasteiger partial charge is 1.00 e. The van der Waals surface area contributed by atoms with Crippen LogP contribution in [0, 0.1) is 6.92 Å². The number of aliphatic carboxylic acids is 1. The average Bonchev–Trinajstić information content (AvgIpc) is 2.36. The maximum atomic E-state index is 10.5. The van der Waals surface area contributed by atoms with E-state index < -0.39 is 12.0 Å². The van der Waals surface area contributed by atoms with Gasteiger partial charge in [0.1, 0.15) is 13.1 Å². The Morgan fingerprint density at radius 1 is 1.79 bits per heavy atom. The van der Waals surface area contributed by atoms with Gasteiger partial charge in [-0.2, -0.15) is 4.57 Å². The van der Waals surface area contributed by atoms with E-state index in [1.807, 2.05) is 24.0 Å². The van der Waals surface area contributed by atoms with E-state index in [2.05, 4.69) is 0 Å². The first-order valence-electron chi connectivity index (χ1n) is 3.93. The fourth-order valence-corrected chi connectivity index (χ4v) is 2.02. The van der Waals surface area contributed by atoms with Crippen LogP contribution in [0.2, 0.25) is 0 Å². The third kappa shape index (κ3) is 3.18. The summed E-state index contributed by atoms with van der Waals surface area (Å²) in [6.07, 6.45) is 0.409. The molecule has 6 heteroatoms. The molecule has 0 aliphatic rings. The van der Waals surface area contributed by atoms with E-state index in [0.717, 1.165) is 10.6 Å². The van der Waals surface area contributed by atoms with Gasteiger partial charge in [-0.15, -0.1) is 0 Å². The number of rotatable bonds is 3. The second kappa shape index (κ2) is 5.62. The minimum atomic E-state index is -0.949. The van der Waals surface area contributed by atoms with Crippen LogP contribution in [-0.2, 0) is 18.3 Å². The Morgan fingerprint density at radius 3 is 2.71 bits per heavy atom. The third-order valence-electron chi connectivity index (χ3n) is 2.01. The van der Waals surface area contributed by atoms with Crippen molar-refractivity contribution in [3.05, 3.63) is 16.1 Å². The maximum Gasteiger partial charge on any atom is 0.320 e. The summed E-state index contributed by atoms with van der Waals surface area (Å²) in [6.45, 7) is 1.96. The first-order chi connectivity index (χ1) is 6.02. The van der Waals surface area contributed by atoms with E-state index in [9.17, 15) is 4.79 Å². The molecule has 0 unspecified atom stereocenters. The Labute approximate surface area is 104 Å². The molecule has 0 amide bonds. The lowest BCUT2D eigenvalue weighted by atomic mass is 10.2. The molecule has 1 aromatic rings. The summed E-state index contributed by atoms with van der Waals surface area (Å²) in [6, 6.07) is -0.794. The zero-order chi connectivity index (χ0) is 10.0. The monoisotopic (exact) mass is 328 g/mol. The minimum Gasteiger partial charge on any atom is -1.00 e. The summed E-state index contributed by atoms with van der Waals surface area (Å²) in [5.74, 6) is -0.949. The number of hydrogen-bond acceptors (Lipinski definition) is 3. The Bertz CT molecular complexity index is 327. The number of aryl methyl sites for hydroxylation is 1. The van der Waals surface area contributed by atoms with Crippen LogP contribution in [0.4, 0.5) is 0 Å². The highest BCUT2D eigenvalue weighted by Crippen LogP contribution is 2.12. The van der Waals surface area contributed by atoms with Crippen LogP contribution < -0.4 is 34.3 Å². The number of halogens is 1. The summed E-state index contributed by atoms with van der Waals surface area (Å²) in [4.78, 5) is 11.5. The fourth-order valence-electron chi connectivity index (χ4n) is 0.987. The molecule has 1 rings (SSSR count). The molecule has 4 nitrogen and oxygen atoms in total. The van der Waals surface area contributed by atoms with Crippen molar-refractivity contribution < 1.29 is 38.4 Å². The van der Waals surface area contributed by atoms with Crippen LogP contribution in [0.5, 0.6) is 0 Å². The van der Waals surface area contributed by atoms with Crippen molar-refractivity contribution in [2.75, 3.05) is 0 Å². The van der Waals surface area contributed by atoms with Gasteiger partial charge in [-0.25, -0.2) is 0 Å². The van der Waals surface area contributed by atoms with Crippen molar-refractivity contribution in [1.82, 2.24) is 0 Å². The van der Waals surface area contributed by atoms with E-state index in [0.29, 0.717) is 6.42 Å². The smallest absolute Gasteiger partial charge is 0.320 e. The molecule has 0 saturated heterocycles. The predicted octanol–water partition coefficient (Wildman–Crippen LogP) is -3.16. The van der Waals surface area contributed by atoms with E-state index in [4.69, 9.17) is 10.8 Å². The van der Waals surface area contributed by atoms with E-state index in [1.165, 1.54) is 0 Å². The number of nitrogens with zero attached hydrogens (tertiary/aromatic N) is 1. The highest BCUT2D eigenvalue weighted by atomic mass is 127. The summed E-state index contributed by atoms with van der Waals surface area (Å²) >= 11 is 1.54. The number of carbonyl (C=O) groups is 1. The third-order valence-corrected chi connectivity index (χ3v) is 3.18. The number of nitrogens with two attached hydrogens (primary N) is 1. The Balaban J connectivity index is 0.00000169. The molecule has 1 aromatic heterocycles. The highest BCUT2D eigenvalue weighted by Gasteiger charge is 2.18. The second-order valence-corrected chi connectivity index (χ2v) is 3.93. The molecular formula is C8H13IN2O2S. The zero-order valence-electron chi connectivity index (χ0n) is 8.03. The van der Waals surface area contributed by atoms with Crippen LogP contribution in [-0.4, -0.2) is 17.1 Å². The van der Waals surface area contributed by atoms with Crippen molar-refractivity contribution >= 4 is 17.3 Å². The van der Waals surface area contributed by atoms with Crippen LogP contribution in [0.3, 0.4) is 0 Å². The summed E-state index contributed by atoms with van der Waals surface area (Å²) in [5, 5.41) is 8.61. The second-order valence-electron chi connectivity index (χ2n) is 2.99. The van der Waals surface area contributed by atoms with Gasteiger partial charge in [-0.3, -0.25) is 4.79 Å². The number of carboxylic acid groups (broad SMARTS) is 1. The maximum absolute atomic E-state index is 10.5. The molecule has 0 radical (unpaired) electrons. The quantitative estimate of drug-likeness (QED) is 0.455. The normalized spacial score (nSPS) is 11.9. The van der Waals surface area contributed by atoms with Crippen LogP contribution in [0.15, 0.2) is 5.51 Å². The molecule has 0 bridgehead atoms. The molecule has 0 aliphatic heterocycles. The molecule has 0 aromatic carbocycles. The fraction of sp³-hybridized carbons (Fsp3) is 0.500. The van der Waals surface area contributed by atoms with Crippen molar-refractivity contribution in [3.63, 3.8) is 0 Å². The lowest BCUT2D eigenvalue weighted by Gasteiger charge is -2.02. The van der Waals surface area contributed by atoms with Gasteiger partial charge in [0, 0.05) is 13.3 Å². The molecular weight excluding hydrogens is 315 g/mol. The Kier molecular flexibility index (Phi) is 5.53. The summed E-state index contributed by atoms with van der Waals surface area (Å²) in [7, 11) is 1.93. The standard InChI is InChI=1S/C8H12N2O2S.HI/c1-5-7(13-4-10(5)2)3-6(9)8(11)12;/h4,6H,3,9H2,1-2H3;1H/t6-;/m0./s1. The van der Waals surface area contributed by atoms with Gasteiger partial charge in [0.25, 0.3) is 0 Å². The van der Waals surface area contributed by atoms with Crippen LogP contribution >= 0.6 is 11.3 Å². The van der Waals surface area contributed by atoms with E-state index in [1.54, 1.807) is 11.3 Å². The van der Waals surface area contributed by atoms with Gasteiger partial charge >= 0.3 is 5.97 Å². The minimum absolute atomic E-state index is 0. The number of hydrogen-bond donors (Lipinski definition) is 2. The molecule has 3 N–H and O–H groups in total. The topological polar surface area (TPSA) is 67.2 Å². The van der Waals surface area contributed by atoms with Gasteiger partial charge in [-0.05, 0) is 0 Å². The lowest BCUT2D eigenvalue weighted by molar-refractivity contribution is -0.672. The molecule has 1 heterocycles. The number of aromatic nitrogens is 1. The van der Waals surface area contributed by atoms with Crippen molar-refractivity contribution in [2.24, 2.45) is 12.8 Å². The average molecular weight is 328 g/mol. The van der Waals surface area contributed by atoms with Gasteiger partial charge in [-0.1, -0.05) is 11.3 Å². The van der Waals surface area contributed by atoms with E-state index in [-0.39, 0.29) is 24.0 Å². The molecule has 0 fully saturated rings. The van der Waals surface area contributed by atoms with Gasteiger partial charge < -0.3 is 34.8 Å². The number of carboxylic acids is 1. The Hall–Kier alpha value is -0.210. The van der Waals surface area contributed by atoms with Crippen molar-refractivity contribution in [3.8, 4) is 0 Å². The molecule has 80 valence electrons. The molecule has 0 aliphatic carbocycles. The van der Waals surface area contributed by atoms with Crippen molar-refractivity contribution in [2.45, 2.75) is 19.4 Å². The molecule has 14 heavy (non-hydrogen) atoms. The van der Waals surface area contributed by atoms with Gasteiger partial charge in [0.05, 0.1) is 4.88 Å². The Morgan fingerprint density at radius 2 is 2.36 bits per heavy atom.